The van der Waals surface area contributed by atoms with Crippen LogP contribution in [0.2, 0.25) is 0 Å². The van der Waals surface area contributed by atoms with Gasteiger partial charge in [0.05, 0.1) is 0 Å². The molecule has 2 N–H and O–H groups in total. The molecule has 0 aromatic heterocycles. The SMILES string of the molecule is CC1Cc2cccc(CCC3(N)CC3)c2S1. The normalized spacial score (nSPS) is 25.5. The number of fused-ring (bicyclic) bond motifs is 1. The van der Waals surface area contributed by atoms with Crippen LogP contribution in [-0.4, -0.2) is 10.8 Å². The lowest BCUT2D eigenvalue weighted by atomic mass is 10.0. The molecule has 1 saturated carbocycles. The van der Waals surface area contributed by atoms with Crippen LogP contribution in [0.3, 0.4) is 0 Å². The number of hydrogen-bond donors (Lipinski definition) is 1. The van der Waals surface area contributed by atoms with Crippen molar-refractivity contribution in [1.82, 2.24) is 0 Å². The van der Waals surface area contributed by atoms with Crippen LogP contribution in [0.5, 0.6) is 0 Å². The van der Waals surface area contributed by atoms with Gasteiger partial charge in [0.15, 0.2) is 0 Å². The Morgan fingerprint density at radius 2 is 2.25 bits per heavy atom. The van der Waals surface area contributed by atoms with E-state index in [1.54, 1.807) is 10.5 Å². The van der Waals surface area contributed by atoms with Crippen LogP contribution in [0.1, 0.15) is 37.3 Å². The van der Waals surface area contributed by atoms with E-state index in [1.165, 1.54) is 37.7 Å². The Hall–Kier alpha value is -0.470. The van der Waals surface area contributed by atoms with Gasteiger partial charge in [-0.05, 0) is 43.2 Å². The van der Waals surface area contributed by atoms with Crippen molar-refractivity contribution in [2.75, 3.05) is 0 Å². The quantitative estimate of drug-likeness (QED) is 0.868. The van der Waals surface area contributed by atoms with Gasteiger partial charge in [0.25, 0.3) is 0 Å². The minimum Gasteiger partial charge on any atom is -0.325 e. The van der Waals surface area contributed by atoms with Gasteiger partial charge in [-0.3, -0.25) is 0 Å². The molecule has 0 amide bonds. The molecule has 1 unspecified atom stereocenters. The molecule has 86 valence electrons. The van der Waals surface area contributed by atoms with E-state index in [0.717, 1.165) is 5.25 Å². The van der Waals surface area contributed by atoms with Crippen molar-refractivity contribution >= 4 is 11.8 Å². The maximum atomic E-state index is 6.16. The zero-order valence-corrected chi connectivity index (χ0v) is 10.6. The van der Waals surface area contributed by atoms with Crippen LogP contribution in [0.4, 0.5) is 0 Å². The minimum absolute atomic E-state index is 0.192. The summed E-state index contributed by atoms with van der Waals surface area (Å²) in [7, 11) is 0. The summed E-state index contributed by atoms with van der Waals surface area (Å²) in [6.45, 7) is 2.32. The number of rotatable bonds is 3. The third-order valence-corrected chi connectivity index (χ3v) is 5.12. The second kappa shape index (κ2) is 3.78. The molecule has 0 spiro atoms. The first-order chi connectivity index (χ1) is 7.66. The van der Waals surface area contributed by atoms with E-state index in [4.69, 9.17) is 5.73 Å². The Bertz CT molecular complexity index is 409. The van der Waals surface area contributed by atoms with Gasteiger partial charge in [-0.15, -0.1) is 11.8 Å². The second-order valence-corrected chi connectivity index (χ2v) is 6.85. The largest absolute Gasteiger partial charge is 0.325 e. The van der Waals surface area contributed by atoms with Gasteiger partial charge in [-0.2, -0.15) is 0 Å². The highest BCUT2D eigenvalue weighted by atomic mass is 32.2. The van der Waals surface area contributed by atoms with E-state index in [0.29, 0.717) is 0 Å². The summed E-state index contributed by atoms with van der Waals surface area (Å²) in [6.07, 6.45) is 6.02. The average Bonchev–Trinajstić information content (AvgIpc) is 2.86. The van der Waals surface area contributed by atoms with Crippen LogP contribution in [0.15, 0.2) is 23.1 Å². The predicted octanol–water partition coefficient (Wildman–Crippen LogP) is 3.15. The number of aryl methyl sites for hydroxylation is 1. The van der Waals surface area contributed by atoms with Gasteiger partial charge >= 0.3 is 0 Å². The molecule has 1 aliphatic heterocycles. The fourth-order valence-electron chi connectivity index (χ4n) is 2.49. The van der Waals surface area contributed by atoms with Gasteiger partial charge < -0.3 is 5.73 Å². The van der Waals surface area contributed by atoms with E-state index in [9.17, 15) is 0 Å². The van der Waals surface area contributed by atoms with Crippen LogP contribution >= 0.6 is 11.8 Å². The monoisotopic (exact) mass is 233 g/mol. The maximum absolute atomic E-state index is 6.16. The van der Waals surface area contributed by atoms with Crippen LogP contribution in [-0.2, 0) is 12.8 Å². The van der Waals surface area contributed by atoms with Crippen molar-refractivity contribution in [1.29, 1.82) is 0 Å². The first kappa shape index (κ1) is 10.7. The summed E-state index contributed by atoms with van der Waals surface area (Å²) in [5.74, 6) is 0. The molecule has 16 heavy (non-hydrogen) atoms. The lowest BCUT2D eigenvalue weighted by molar-refractivity contribution is 0.605. The van der Waals surface area contributed by atoms with Gasteiger partial charge in [-0.1, -0.05) is 25.1 Å². The molecule has 0 bridgehead atoms. The van der Waals surface area contributed by atoms with Crippen LogP contribution in [0.25, 0.3) is 0 Å². The highest BCUT2D eigenvalue weighted by Gasteiger charge is 2.37. The molecule has 1 aliphatic carbocycles. The van der Waals surface area contributed by atoms with Gasteiger partial charge in [0, 0.05) is 15.7 Å². The van der Waals surface area contributed by atoms with Crippen molar-refractivity contribution in [3.63, 3.8) is 0 Å². The molecule has 0 radical (unpaired) electrons. The predicted molar refractivity (Wildman–Crippen MR) is 69.9 cm³/mol. The van der Waals surface area contributed by atoms with E-state index in [1.807, 2.05) is 11.8 Å². The summed E-state index contributed by atoms with van der Waals surface area (Å²) in [5, 5.41) is 0.754. The molecular weight excluding hydrogens is 214 g/mol. The number of benzene rings is 1. The summed E-state index contributed by atoms with van der Waals surface area (Å²) < 4.78 is 0. The van der Waals surface area contributed by atoms with E-state index < -0.39 is 0 Å². The third kappa shape index (κ3) is 2.01. The molecule has 1 fully saturated rings. The van der Waals surface area contributed by atoms with E-state index >= 15 is 0 Å². The summed E-state index contributed by atoms with van der Waals surface area (Å²) in [4.78, 5) is 1.55. The standard InChI is InChI=1S/C14H19NS/c1-10-9-12-4-2-3-11(13(12)16-10)5-6-14(15)7-8-14/h2-4,10H,5-9,15H2,1H3. The van der Waals surface area contributed by atoms with E-state index in [2.05, 4.69) is 25.1 Å². The third-order valence-electron chi connectivity index (χ3n) is 3.79. The van der Waals surface area contributed by atoms with Gasteiger partial charge in [-0.25, -0.2) is 0 Å². The summed E-state index contributed by atoms with van der Waals surface area (Å²) in [5.41, 5.74) is 9.44. The Labute approximate surface area is 102 Å². The van der Waals surface area contributed by atoms with Gasteiger partial charge in [0.1, 0.15) is 0 Å². The molecule has 1 heterocycles. The average molecular weight is 233 g/mol. The molecule has 1 aromatic rings. The molecule has 0 saturated heterocycles. The lowest BCUT2D eigenvalue weighted by Crippen LogP contribution is -2.22. The molecule has 2 aliphatic rings. The van der Waals surface area contributed by atoms with Crippen LogP contribution < -0.4 is 5.73 Å². The Morgan fingerprint density at radius 1 is 1.44 bits per heavy atom. The maximum Gasteiger partial charge on any atom is 0.0158 e. The highest BCUT2D eigenvalue weighted by Crippen LogP contribution is 2.41. The Kier molecular flexibility index (Phi) is 2.52. The fourth-order valence-corrected chi connectivity index (χ4v) is 3.78. The minimum atomic E-state index is 0.192. The molecule has 2 heteroatoms. The first-order valence-corrected chi connectivity index (χ1v) is 7.11. The molecule has 1 aromatic carbocycles. The highest BCUT2D eigenvalue weighted by molar-refractivity contribution is 8.00. The second-order valence-electron chi connectivity index (χ2n) is 5.40. The van der Waals surface area contributed by atoms with Gasteiger partial charge in [0.2, 0.25) is 0 Å². The Balaban J connectivity index is 1.77. The number of hydrogen-bond acceptors (Lipinski definition) is 2. The van der Waals surface area contributed by atoms with Crippen molar-refractivity contribution < 1.29 is 0 Å². The fraction of sp³-hybridized carbons (Fsp3) is 0.571. The number of nitrogens with two attached hydrogens (primary N) is 1. The lowest BCUT2D eigenvalue weighted by Gasteiger charge is -2.11. The topological polar surface area (TPSA) is 26.0 Å². The van der Waals surface area contributed by atoms with Crippen molar-refractivity contribution in [3.8, 4) is 0 Å². The molecule has 1 atom stereocenters. The molecule has 1 nitrogen and oxygen atoms in total. The van der Waals surface area contributed by atoms with E-state index in [-0.39, 0.29) is 5.54 Å². The van der Waals surface area contributed by atoms with Crippen molar-refractivity contribution in [2.45, 2.75) is 54.7 Å². The zero-order chi connectivity index (χ0) is 11.2. The zero-order valence-electron chi connectivity index (χ0n) is 9.83. The first-order valence-electron chi connectivity index (χ1n) is 6.23. The summed E-state index contributed by atoms with van der Waals surface area (Å²) >= 11 is 2.05. The number of thioether (sulfide) groups is 1. The smallest absolute Gasteiger partial charge is 0.0158 e. The molecular formula is C14H19NS. The molecule has 3 rings (SSSR count). The Morgan fingerprint density at radius 3 is 3.00 bits per heavy atom. The van der Waals surface area contributed by atoms with Crippen LogP contribution in [0, 0.1) is 0 Å². The summed E-state index contributed by atoms with van der Waals surface area (Å²) in [6, 6.07) is 6.78. The van der Waals surface area contributed by atoms with Crippen molar-refractivity contribution in [3.05, 3.63) is 29.3 Å². The van der Waals surface area contributed by atoms with Crippen molar-refractivity contribution in [2.24, 2.45) is 5.73 Å².